The fourth-order valence-electron chi connectivity index (χ4n) is 1.32. The Kier molecular flexibility index (Phi) is 15.0. The molecule has 98 valence electrons. The van der Waals surface area contributed by atoms with Crippen molar-refractivity contribution < 1.29 is 0 Å². The summed E-state index contributed by atoms with van der Waals surface area (Å²) in [4.78, 5) is 4.17. The summed E-state index contributed by atoms with van der Waals surface area (Å²) in [7, 11) is 1.82. The first-order valence-electron chi connectivity index (χ1n) is 6.15. The normalized spacial score (nSPS) is 11.2. The van der Waals surface area contributed by atoms with Crippen LogP contribution in [0.3, 0.4) is 0 Å². The van der Waals surface area contributed by atoms with Gasteiger partial charge in [0.15, 0.2) is 5.96 Å². The molecule has 16 heavy (non-hydrogen) atoms. The van der Waals surface area contributed by atoms with Crippen molar-refractivity contribution in [2.45, 2.75) is 46.5 Å². The van der Waals surface area contributed by atoms with Gasteiger partial charge in [-0.15, -0.1) is 24.0 Å². The van der Waals surface area contributed by atoms with Crippen molar-refractivity contribution in [2.24, 2.45) is 10.9 Å². The summed E-state index contributed by atoms with van der Waals surface area (Å²) in [6.07, 6.45) is 4.91. The molecule has 0 aromatic heterocycles. The minimum atomic E-state index is 0. The van der Waals surface area contributed by atoms with E-state index in [1.54, 1.807) is 0 Å². The maximum absolute atomic E-state index is 4.17. The van der Waals surface area contributed by atoms with Crippen molar-refractivity contribution in [1.29, 1.82) is 0 Å². The second-order valence-electron chi connectivity index (χ2n) is 4.32. The maximum Gasteiger partial charge on any atom is 0.190 e. The molecule has 0 saturated carbocycles. The van der Waals surface area contributed by atoms with Crippen molar-refractivity contribution in [3.63, 3.8) is 0 Å². The average Bonchev–Trinajstić information content (AvgIpc) is 2.21. The first-order chi connectivity index (χ1) is 7.20. The summed E-state index contributed by atoms with van der Waals surface area (Å²) in [5.41, 5.74) is 0. The van der Waals surface area contributed by atoms with Crippen LogP contribution in [0.5, 0.6) is 0 Å². The molecule has 0 saturated heterocycles. The highest BCUT2D eigenvalue weighted by molar-refractivity contribution is 14.0. The van der Waals surface area contributed by atoms with E-state index in [0.29, 0.717) is 0 Å². The van der Waals surface area contributed by atoms with E-state index in [1.807, 2.05) is 7.05 Å². The molecule has 0 aliphatic rings. The zero-order valence-corrected chi connectivity index (χ0v) is 13.5. The minimum absolute atomic E-state index is 0. The second kappa shape index (κ2) is 13.1. The molecule has 0 aromatic carbocycles. The number of halogens is 1. The van der Waals surface area contributed by atoms with E-state index in [4.69, 9.17) is 0 Å². The van der Waals surface area contributed by atoms with E-state index >= 15 is 0 Å². The Balaban J connectivity index is 0. The molecule has 0 unspecified atom stereocenters. The lowest BCUT2D eigenvalue weighted by Gasteiger charge is -2.11. The van der Waals surface area contributed by atoms with Crippen LogP contribution in [0.4, 0.5) is 0 Å². The molecule has 0 bridgehead atoms. The molecule has 0 fully saturated rings. The summed E-state index contributed by atoms with van der Waals surface area (Å²) in [5.74, 6) is 1.73. The standard InChI is InChI=1S/C12H27N3.HI/c1-5-6-9-14-12(13-4)15-10-7-8-11(2)3;/h11H,5-10H2,1-4H3,(H2,13,14,15);1H. The van der Waals surface area contributed by atoms with Gasteiger partial charge in [0.25, 0.3) is 0 Å². The Labute approximate surface area is 118 Å². The minimum Gasteiger partial charge on any atom is -0.356 e. The van der Waals surface area contributed by atoms with Gasteiger partial charge in [0.1, 0.15) is 0 Å². The van der Waals surface area contributed by atoms with E-state index in [0.717, 1.165) is 25.0 Å². The third-order valence-corrected chi connectivity index (χ3v) is 2.30. The SMILES string of the molecule is CCCCNC(=NC)NCCCC(C)C.I. The first-order valence-corrected chi connectivity index (χ1v) is 6.15. The number of hydrogen-bond acceptors (Lipinski definition) is 1. The van der Waals surface area contributed by atoms with Crippen LogP contribution in [0.15, 0.2) is 4.99 Å². The number of hydrogen-bond donors (Lipinski definition) is 2. The Hall–Kier alpha value is 0. The average molecular weight is 341 g/mol. The highest BCUT2D eigenvalue weighted by Crippen LogP contribution is 2.01. The number of guanidine groups is 1. The van der Waals surface area contributed by atoms with Gasteiger partial charge in [0.2, 0.25) is 0 Å². The Bertz CT molecular complexity index is 170. The lowest BCUT2D eigenvalue weighted by atomic mass is 10.1. The van der Waals surface area contributed by atoms with Crippen LogP contribution in [0.2, 0.25) is 0 Å². The molecule has 4 heteroatoms. The molecular formula is C12H28IN3. The van der Waals surface area contributed by atoms with E-state index in [2.05, 4.69) is 36.4 Å². The van der Waals surface area contributed by atoms with E-state index in [-0.39, 0.29) is 24.0 Å². The zero-order valence-electron chi connectivity index (χ0n) is 11.2. The predicted octanol–water partition coefficient (Wildman–Crippen LogP) is 3.01. The predicted molar refractivity (Wildman–Crippen MR) is 83.8 cm³/mol. The van der Waals surface area contributed by atoms with Crippen LogP contribution >= 0.6 is 24.0 Å². The summed E-state index contributed by atoms with van der Waals surface area (Å²) in [5, 5.41) is 6.62. The van der Waals surface area contributed by atoms with Crippen LogP contribution in [-0.2, 0) is 0 Å². The molecule has 0 aliphatic heterocycles. The van der Waals surface area contributed by atoms with E-state index < -0.39 is 0 Å². The Morgan fingerprint density at radius 2 is 1.69 bits per heavy atom. The van der Waals surface area contributed by atoms with Crippen molar-refractivity contribution in [3.8, 4) is 0 Å². The fraction of sp³-hybridized carbons (Fsp3) is 0.917. The molecule has 0 aromatic rings. The molecule has 0 amide bonds. The third-order valence-electron chi connectivity index (χ3n) is 2.30. The lowest BCUT2D eigenvalue weighted by molar-refractivity contribution is 0.549. The molecule has 0 spiro atoms. The van der Waals surface area contributed by atoms with Gasteiger partial charge in [-0.3, -0.25) is 4.99 Å². The summed E-state index contributed by atoms with van der Waals surface area (Å²) in [6, 6.07) is 0. The van der Waals surface area contributed by atoms with Crippen LogP contribution < -0.4 is 10.6 Å². The van der Waals surface area contributed by atoms with Crippen molar-refractivity contribution in [3.05, 3.63) is 0 Å². The molecule has 0 atom stereocenters. The molecule has 0 aliphatic carbocycles. The van der Waals surface area contributed by atoms with Crippen LogP contribution in [0.25, 0.3) is 0 Å². The van der Waals surface area contributed by atoms with Gasteiger partial charge < -0.3 is 10.6 Å². The van der Waals surface area contributed by atoms with Gasteiger partial charge in [-0.05, 0) is 25.2 Å². The molecule has 0 radical (unpaired) electrons. The third kappa shape index (κ3) is 12.1. The molecule has 0 heterocycles. The quantitative estimate of drug-likeness (QED) is 0.323. The molecule has 3 nitrogen and oxygen atoms in total. The van der Waals surface area contributed by atoms with Crippen LogP contribution in [0, 0.1) is 5.92 Å². The molecule has 0 rings (SSSR count). The second-order valence-corrected chi connectivity index (χ2v) is 4.32. The number of rotatable bonds is 7. The van der Waals surface area contributed by atoms with Gasteiger partial charge in [-0.2, -0.15) is 0 Å². The van der Waals surface area contributed by atoms with Crippen molar-refractivity contribution >= 4 is 29.9 Å². The Morgan fingerprint density at radius 3 is 2.12 bits per heavy atom. The monoisotopic (exact) mass is 341 g/mol. The van der Waals surface area contributed by atoms with Gasteiger partial charge >= 0.3 is 0 Å². The van der Waals surface area contributed by atoms with Gasteiger partial charge in [0, 0.05) is 20.1 Å². The van der Waals surface area contributed by atoms with Gasteiger partial charge in [-0.1, -0.05) is 27.2 Å². The van der Waals surface area contributed by atoms with Crippen molar-refractivity contribution in [2.75, 3.05) is 20.1 Å². The summed E-state index contributed by atoms with van der Waals surface area (Å²) >= 11 is 0. The fourth-order valence-corrected chi connectivity index (χ4v) is 1.32. The highest BCUT2D eigenvalue weighted by atomic mass is 127. The lowest BCUT2D eigenvalue weighted by Crippen LogP contribution is -2.38. The summed E-state index contributed by atoms with van der Waals surface area (Å²) < 4.78 is 0. The first kappa shape index (κ1) is 18.4. The zero-order chi connectivity index (χ0) is 11.5. The van der Waals surface area contributed by atoms with Crippen LogP contribution in [0.1, 0.15) is 46.5 Å². The number of unbranched alkanes of at least 4 members (excludes halogenated alkanes) is 1. The highest BCUT2D eigenvalue weighted by Gasteiger charge is 1.97. The van der Waals surface area contributed by atoms with Crippen molar-refractivity contribution in [1.82, 2.24) is 10.6 Å². The molecule has 2 N–H and O–H groups in total. The van der Waals surface area contributed by atoms with E-state index in [1.165, 1.54) is 25.7 Å². The Morgan fingerprint density at radius 1 is 1.12 bits per heavy atom. The van der Waals surface area contributed by atoms with Gasteiger partial charge in [-0.25, -0.2) is 0 Å². The number of aliphatic imine (C=N–C) groups is 1. The number of nitrogens with one attached hydrogen (secondary N) is 2. The van der Waals surface area contributed by atoms with Crippen LogP contribution in [-0.4, -0.2) is 26.1 Å². The summed E-state index contributed by atoms with van der Waals surface area (Å²) in [6.45, 7) is 8.74. The largest absolute Gasteiger partial charge is 0.356 e. The topological polar surface area (TPSA) is 36.4 Å². The number of nitrogens with zero attached hydrogens (tertiary/aromatic N) is 1. The van der Waals surface area contributed by atoms with Gasteiger partial charge in [0.05, 0.1) is 0 Å². The maximum atomic E-state index is 4.17. The molecular weight excluding hydrogens is 313 g/mol. The van der Waals surface area contributed by atoms with E-state index in [9.17, 15) is 0 Å². The smallest absolute Gasteiger partial charge is 0.190 e.